The van der Waals surface area contributed by atoms with Crippen molar-refractivity contribution in [2.45, 2.75) is 37.7 Å². The number of thiazole rings is 1. The Kier molecular flexibility index (Phi) is 7.58. The Bertz CT molecular complexity index is 1110. The van der Waals surface area contributed by atoms with Crippen LogP contribution in [0.2, 0.25) is 10.0 Å². The Hall–Kier alpha value is -2.14. The molecule has 1 aromatic carbocycles. The maximum absolute atomic E-state index is 12.5. The zero-order chi connectivity index (χ0) is 22.7. The molecular weight excluding hydrogens is 479 g/mol. The van der Waals surface area contributed by atoms with Gasteiger partial charge >= 0.3 is 0 Å². The molecule has 2 aromatic heterocycles. The van der Waals surface area contributed by atoms with E-state index >= 15 is 0 Å². The lowest BCUT2D eigenvalue weighted by Crippen LogP contribution is -2.25. The molecular formula is C19H20Cl2N6O2S2. The van der Waals surface area contributed by atoms with Gasteiger partial charge in [-0.05, 0) is 39.0 Å². The van der Waals surface area contributed by atoms with Gasteiger partial charge in [0.15, 0.2) is 16.1 Å². The highest BCUT2D eigenvalue weighted by molar-refractivity contribution is 8.00. The van der Waals surface area contributed by atoms with E-state index in [-0.39, 0.29) is 18.4 Å². The second-order valence-corrected chi connectivity index (χ2v) is 10.0. The number of carbonyl (C=O) groups excluding carboxylic acids is 2. The van der Waals surface area contributed by atoms with Crippen molar-refractivity contribution in [3.8, 4) is 0 Å². The van der Waals surface area contributed by atoms with Crippen LogP contribution in [0.4, 0.5) is 5.13 Å². The monoisotopic (exact) mass is 498 g/mol. The summed E-state index contributed by atoms with van der Waals surface area (Å²) in [6, 6.07) is 4.66. The molecule has 12 heteroatoms. The van der Waals surface area contributed by atoms with Gasteiger partial charge < -0.3 is 15.2 Å². The molecule has 0 radical (unpaired) electrons. The van der Waals surface area contributed by atoms with Crippen LogP contribution in [0.3, 0.4) is 0 Å². The summed E-state index contributed by atoms with van der Waals surface area (Å²) in [5.41, 5.74) is 1.30. The van der Waals surface area contributed by atoms with Crippen molar-refractivity contribution in [1.29, 1.82) is 0 Å². The Morgan fingerprint density at radius 1 is 1.23 bits per heavy atom. The lowest BCUT2D eigenvalue weighted by molar-refractivity contribution is -0.115. The van der Waals surface area contributed by atoms with Gasteiger partial charge in [0.1, 0.15) is 0 Å². The minimum atomic E-state index is -0.411. The highest BCUT2D eigenvalue weighted by Gasteiger charge is 2.20. The fourth-order valence-electron chi connectivity index (χ4n) is 2.45. The van der Waals surface area contributed by atoms with Crippen LogP contribution in [-0.4, -0.2) is 36.8 Å². The summed E-state index contributed by atoms with van der Waals surface area (Å²) in [7, 11) is 1.78. The first-order valence-electron chi connectivity index (χ1n) is 9.18. The molecule has 0 unspecified atom stereocenters. The maximum atomic E-state index is 12.5. The minimum Gasteiger partial charge on any atom is -0.345 e. The number of carbonyl (C=O) groups is 2. The first-order chi connectivity index (χ1) is 14.7. The van der Waals surface area contributed by atoms with Gasteiger partial charge in [-0.25, -0.2) is 4.98 Å². The molecule has 0 fully saturated rings. The van der Waals surface area contributed by atoms with E-state index in [1.807, 2.05) is 13.8 Å². The second-order valence-electron chi connectivity index (χ2n) is 6.68. The molecule has 0 saturated heterocycles. The summed E-state index contributed by atoms with van der Waals surface area (Å²) >= 11 is 14.6. The number of amides is 2. The number of nitrogens with one attached hydrogen (secondary N) is 2. The maximum Gasteiger partial charge on any atom is 0.251 e. The lowest BCUT2D eigenvalue weighted by Gasteiger charge is -2.10. The zero-order valence-electron chi connectivity index (χ0n) is 17.2. The number of anilines is 1. The summed E-state index contributed by atoms with van der Waals surface area (Å²) in [6.07, 6.45) is 0. The minimum absolute atomic E-state index is 0.168. The van der Waals surface area contributed by atoms with Crippen molar-refractivity contribution < 1.29 is 9.59 Å². The third kappa shape index (κ3) is 5.76. The average molecular weight is 499 g/mol. The number of benzene rings is 1. The molecule has 8 nitrogen and oxygen atoms in total. The van der Waals surface area contributed by atoms with E-state index in [1.165, 1.54) is 29.2 Å². The zero-order valence-corrected chi connectivity index (χ0v) is 20.3. The van der Waals surface area contributed by atoms with Crippen LogP contribution in [0.1, 0.15) is 33.7 Å². The van der Waals surface area contributed by atoms with Gasteiger partial charge in [-0.15, -0.1) is 21.5 Å². The van der Waals surface area contributed by atoms with Gasteiger partial charge in [-0.3, -0.25) is 9.59 Å². The Balaban J connectivity index is 1.58. The van der Waals surface area contributed by atoms with Crippen LogP contribution in [0.25, 0.3) is 0 Å². The summed E-state index contributed by atoms with van der Waals surface area (Å²) in [4.78, 5) is 30.2. The van der Waals surface area contributed by atoms with Crippen LogP contribution in [-0.2, 0) is 18.4 Å². The van der Waals surface area contributed by atoms with E-state index in [0.29, 0.717) is 31.7 Å². The van der Waals surface area contributed by atoms with E-state index in [2.05, 4.69) is 25.8 Å². The molecule has 31 heavy (non-hydrogen) atoms. The number of rotatable bonds is 7. The highest BCUT2D eigenvalue weighted by Crippen LogP contribution is 2.25. The van der Waals surface area contributed by atoms with Gasteiger partial charge in [-0.2, -0.15) is 0 Å². The van der Waals surface area contributed by atoms with E-state index in [1.54, 1.807) is 30.7 Å². The fraction of sp³-hybridized carbons (Fsp3) is 0.316. The molecule has 0 aliphatic heterocycles. The SMILES string of the molecule is Cc1nc(NC(=O)[C@H](C)Sc2nnc(CNC(=O)c3ccc(Cl)c(Cl)c3)n2C)sc1C. The Labute approximate surface area is 197 Å². The average Bonchev–Trinajstić information content (AvgIpc) is 3.23. The van der Waals surface area contributed by atoms with Crippen molar-refractivity contribution in [2.24, 2.45) is 7.05 Å². The fourth-order valence-corrected chi connectivity index (χ4v) is 4.39. The normalized spacial score (nSPS) is 11.9. The molecule has 2 amide bonds. The van der Waals surface area contributed by atoms with Crippen LogP contribution in [0.15, 0.2) is 23.4 Å². The van der Waals surface area contributed by atoms with E-state index in [9.17, 15) is 9.59 Å². The van der Waals surface area contributed by atoms with E-state index in [4.69, 9.17) is 23.2 Å². The molecule has 0 spiro atoms. The van der Waals surface area contributed by atoms with Crippen molar-refractivity contribution in [2.75, 3.05) is 5.32 Å². The molecule has 0 bridgehead atoms. The van der Waals surface area contributed by atoms with Gasteiger partial charge in [0, 0.05) is 17.5 Å². The molecule has 0 saturated carbocycles. The van der Waals surface area contributed by atoms with Gasteiger partial charge in [-0.1, -0.05) is 35.0 Å². The summed E-state index contributed by atoms with van der Waals surface area (Å²) < 4.78 is 1.74. The van der Waals surface area contributed by atoms with Crippen LogP contribution >= 0.6 is 46.3 Å². The number of hydrogen-bond donors (Lipinski definition) is 2. The summed E-state index contributed by atoms with van der Waals surface area (Å²) in [5.74, 6) is 0.0726. The van der Waals surface area contributed by atoms with Crippen LogP contribution in [0.5, 0.6) is 0 Å². The number of thioether (sulfide) groups is 1. The van der Waals surface area contributed by atoms with Crippen molar-refractivity contribution in [3.63, 3.8) is 0 Å². The van der Waals surface area contributed by atoms with Crippen molar-refractivity contribution >= 4 is 63.2 Å². The highest BCUT2D eigenvalue weighted by atomic mass is 35.5. The van der Waals surface area contributed by atoms with E-state index in [0.717, 1.165) is 10.6 Å². The second kappa shape index (κ2) is 9.99. The topological polar surface area (TPSA) is 102 Å². The van der Waals surface area contributed by atoms with Crippen LogP contribution < -0.4 is 10.6 Å². The number of aryl methyl sites for hydroxylation is 2. The summed E-state index contributed by atoms with van der Waals surface area (Å²) in [6.45, 7) is 5.82. The number of hydrogen-bond acceptors (Lipinski definition) is 7. The first-order valence-corrected chi connectivity index (χ1v) is 11.6. The van der Waals surface area contributed by atoms with Gasteiger partial charge in [0.05, 0.1) is 27.5 Å². The van der Waals surface area contributed by atoms with Gasteiger partial charge in [0.25, 0.3) is 5.91 Å². The predicted octanol–water partition coefficient (Wildman–Crippen LogP) is 4.24. The largest absolute Gasteiger partial charge is 0.345 e. The Morgan fingerprint density at radius 3 is 2.61 bits per heavy atom. The molecule has 2 N–H and O–H groups in total. The number of nitrogens with zero attached hydrogens (tertiary/aromatic N) is 4. The Morgan fingerprint density at radius 2 is 1.97 bits per heavy atom. The molecule has 1 atom stereocenters. The molecule has 3 aromatic rings. The van der Waals surface area contributed by atoms with Crippen molar-refractivity contribution in [3.05, 3.63) is 50.2 Å². The standard InChI is InChI=1S/C19H20Cl2N6O2S2/c1-9-10(2)30-18(23-9)24-16(28)11(3)31-19-26-25-15(27(19)4)8-22-17(29)12-5-6-13(20)14(21)7-12/h5-7,11H,8H2,1-4H3,(H,22,29)(H,23,24,28)/t11-/m0/s1. The molecule has 164 valence electrons. The molecule has 2 heterocycles. The summed E-state index contributed by atoms with van der Waals surface area (Å²) in [5, 5.41) is 15.3. The van der Waals surface area contributed by atoms with E-state index < -0.39 is 5.25 Å². The quantitative estimate of drug-likeness (QED) is 0.472. The smallest absolute Gasteiger partial charge is 0.251 e. The number of aromatic nitrogens is 4. The molecule has 3 rings (SSSR count). The van der Waals surface area contributed by atoms with Crippen molar-refractivity contribution in [1.82, 2.24) is 25.1 Å². The first kappa shape index (κ1) is 23.5. The third-order valence-electron chi connectivity index (χ3n) is 4.42. The third-order valence-corrected chi connectivity index (χ3v) is 7.29. The lowest BCUT2D eigenvalue weighted by atomic mass is 10.2. The number of halogens is 2. The molecule has 0 aliphatic carbocycles. The van der Waals surface area contributed by atoms with Gasteiger partial charge in [0.2, 0.25) is 5.91 Å². The predicted molar refractivity (Wildman–Crippen MR) is 124 cm³/mol. The molecule has 0 aliphatic rings. The van der Waals surface area contributed by atoms with Crippen LogP contribution in [0, 0.1) is 13.8 Å².